The predicted molar refractivity (Wildman–Crippen MR) is 75.5 cm³/mol. The van der Waals surface area contributed by atoms with Gasteiger partial charge in [0.25, 0.3) is 0 Å². The molecule has 1 amide bonds. The number of rotatable bonds is 5. The highest BCUT2D eigenvalue weighted by Crippen LogP contribution is 2.18. The van der Waals surface area contributed by atoms with Crippen molar-refractivity contribution in [1.82, 2.24) is 0 Å². The molecule has 0 fully saturated rings. The Morgan fingerprint density at radius 1 is 1.47 bits per heavy atom. The number of amides is 1. The number of hydrogen-bond donors (Lipinski definition) is 2. The molecule has 3 nitrogen and oxygen atoms in total. The summed E-state index contributed by atoms with van der Waals surface area (Å²) in [5, 5.41) is 2.89. The van der Waals surface area contributed by atoms with Gasteiger partial charge in [-0.05, 0) is 49.5 Å². The van der Waals surface area contributed by atoms with Gasteiger partial charge >= 0.3 is 0 Å². The summed E-state index contributed by atoms with van der Waals surface area (Å²) in [4.78, 5) is 11.8. The van der Waals surface area contributed by atoms with E-state index in [0.717, 1.165) is 17.0 Å². The smallest absolute Gasteiger partial charge is 0.241 e. The highest BCUT2D eigenvalue weighted by atomic mass is 32.2. The lowest BCUT2D eigenvalue weighted by Gasteiger charge is -2.14. The average molecular weight is 252 g/mol. The molecule has 0 saturated heterocycles. The fourth-order valence-corrected chi connectivity index (χ4v) is 1.98. The number of aryl methyl sites for hydroxylation is 1. The van der Waals surface area contributed by atoms with Crippen LogP contribution in [0, 0.1) is 13.8 Å². The van der Waals surface area contributed by atoms with Crippen LogP contribution in [0.2, 0.25) is 0 Å². The van der Waals surface area contributed by atoms with E-state index in [1.807, 2.05) is 38.3 Å². The van der Waals surface area contributed by atoms with Crippen LogP contribution in [0.25, 0.3) is 0 Å². The van der Waals surface area contributed by atoms with Crippen molar-refractivity contribution >= 4 is 23.4 Å². The lowest BCUT2D eigenvalue weighted by atomic mass is 10.1. The summed E-state index contributed by atoms with van der Waals surface area (Å²) in [5.41, 5.74) is 8.93. The van der Waals surface area contributed by atoms with Gasteiger partial charge in [0.15, 0.2) is 0 Å². The Kier molecular flexibility index (Phi) is 5.51. The number of anilines is 1. The van der Waals surface area contributed by atoms with Crippen LogP contribution in [-0.2, 0) is 4.79 Å². The maximum atomic E-state index is 11.8. The summed E-state index contributed by atoms with van der Waals surface area (Å²) in [6, 6.07) is 5.44. The molecule has 0 bridgehead atoms. The molecule has 0 aliphatic heterocycles. The van der Waals surface area contributed by atoms with Gasteiger partial charge in [-0.2, -0.15) is 11.8 Å². The largest absolute Gasteiger partial charge is 0.324 e. The van der Waals surface area contributed by atoms with Gasteiger partial charge in [-0.1, -0.05) is 12.1 Å². The van der Waals surface area contributed by atoms with Crippen molar-refractivity contribution in [3.63, 3.8) is 0 Å². The van der Waals surface area contributed by atoms with E-state index in [2.05, 4.69) is 5.32 Å². The Balaban J connectivity index is 2.64. The highest BCUT2D eigenvalue weighted by Gasteiger charge is 2.13. The van der Waals surface area contributed by atoms with Crippen molar-refractivity contribution in [3.8, 4) is 0 Å². The fraction of sp³-hybridized carbons (Fsp3) is 0.462. The molecule has 1 rings (SSSR count). The molecule has 0 aliphatic rings. The van der Waals surface area contributed by atoms with Gasteiger partial charge in [0, 0.05) is 5.69 Å². The molecule has 4 heteroatoms. The average Bonchev–Trinajstić information content (AvgIpc) is 2.31. The summed E-state index contributed by atoms with van der Waals surface area (Å²) in [6.07, 6.45) is 2.72. The Hall–Kier alpha value is -1.00. The Morgan fingerprint density at radius 3 is 2.82 bits per heavy atom. The third-order valence-electron chi connectivity index (χ3n) is 2.83. The predicted octanol–water partition coefficient (Wildman–Crippen LogP) is 2.32. The first-order valence-corrected chi connectivity index (χ1v) is 7.07. The number of nitrogens with two attached hydrogens (primary N) is 1. The number of carbonyl (C=O) groups is 1. The summed E-state index contributed by atoms with van der Waals surface area (Å²) in [6.45, 7) is 4.02. The van der Waals surface area contributed by atoms with Gasteiger partial charge in [0.1, 0.15) is 0 Å². The molecule has 1 aromatic rings. The van der Waals surface area contributed by atoms with Crippen molar-refractivity contribution in [3.05, 3.63) is 29.3 Å². The zero-order chi connectivity index (χ0) is 12.8. The minimum Gasteiger partial charge on any atom is -0.324 e. The molecule has 94 valence electrons. The van der Waals surface area contributed by atoms with E-state index in [-0.39, 0.29) is 5.91 Å². The van der Waals surface area contributed by atoms with E-state index in [1.165, 1.54) is 5.56 Å². The van der Waals surface area contributed by atoms with Crippen LogP contribution in [0.5, 0.6) is 0 Å². The van der Waals surface area contributed by atoms with Gasteiger partial charge in [-0.15, -0.1) is 0 Å². The van der Waals surface area contributed by atoms with Gasteiger partial charge in [0.05, 0.1) is 6.04 Å². The molecular weight excluding hydrogens is 232 g/mol. The summed E-state index contributed by atoms with van der Waals surface area (Å²) in [7, 11) is 0. The Bertz CT molecular complexity index is 393. The van der Waals surface area contributed by atoms with Crippen LogP contribution in [-0.4, -0.2) is 24.0 Å². The minimum absolute atomic E-state index is 0.104. The fourth-order valence-electron chi connectivity index (χ4n) is 1.49. The van der Waals surface area contributed by atoms with Gasteiger partial charge in [-0.25, -0.2) is 0 Å². The Labute approximate surface area is 107 Å². The van der Waals surface area contributed by atoms with Crippen molar-refractivity contribution in [2.24, 2.45) is 5.73 Å². The second-order valence-corrected chi connectivity index (χ2v) is 5.11. The van der Waals surface area contributed by atoms with Crippen molar-refractivity contribution < 1.29 is 4.79 Å². The third kappa shape index (κ3) is 4.06. The lowest BCUT2D eigenvalue weighted by molar-refractivity contribution is -0.117. The molecule has 3 N–H and O–H groups in total. The zero-order valence-electron chi connectivity index (χ0n) is 10.6. The minimum atomic E-state index is -0.428. The molecule has 0 aliphatic carbocycles. The molecule has 0 saturated carbocycles. The van der Waals surface area contributed by atoms with E-state index >= 15 is 0 Å². The molecule has 1 aromatic carbocycles. The maximum absolute atomic E-state index is 11.8. The first-order valence-electron chi connectivity index (χ1n) is 5.68. The molecule has 0 heterocycles. The maximum Gasteiger partial charge on any atom is 0.241 e. The second kappa shape index (κ2) is 6.67. The van der Waals surface area contributed by atoms with Gasteiger partial charge < -0.3 is 11.1 Å². The van der Waals surface area contributed by atoms with Gasteiger partial charge in [-0.3, -0.25) is 4.79 Å². The number of carbonyl (C=O) groups excluding carboxylic acids is 1. The number of benzene rings is 1. The van der Waals surface area contributed by atoms with E-state index < -0.39 is 6.04 Å². The van der Waals surface area contributed by atoms with E-state index in [4.69, 9.17) is 5.73 Å². The molecule has 17 heavy (non-hydrogen) atoms. The third-order valence-corrected chi connectivity index (χ3v) is 3.48. The van der Waals surface area contributed by atoms with Crippen LogP contribution in [0.3, 0.4) is 0 Å². The van der Waals surface area contributed by atoms with Crippen molar-refractivity contribution in [2.75, 3.05) is 17.3 Å². The van der Waals surface area contributed by atoms with E-state index in [1.54, 1.807) is 11.8 Å². The molecular formula is C13H20N2OS. The number of hydrogen-bond acceptors (Lipinski definition) is 3. The molecule has 1 atom stereocenters. The van der Waals surface area contributed by atoms with Crippen molar-refractivity contribution in [1.29, 1.82) is 0 Å². The quantitative estimate of drug-likeness (QED) is 0.845. The summed E-state index contributed by atoms with van der Waals surface area (Å²) in [5.74, 6) is 0.800. The first kappa shape index (κ1) is 14.1. The van der Waals surface area contributed by atoms with Crippen LogP contribution >= 0.6 is 11.8 Å². The van der Waals surface area contributed by atoms with E-state index in [0.29, 0.717) is 6.42 Å². The molecule has 0 spiro atoms. The standard InChI is InChI=1S/C13H20N2OS/c1-9-5-4-6-12(10(9)2)15-13(16)11(14)7-8-17-3/h4-6,11H,7-8,14H2,1-3H3,(H,15,16)/t11-/m0/s1. The molecule has 0 aromatic heterocycles. The first-order chi connectivity index (χ1) is 8.06. The SMILES string of the molecule is CSCC[C@H](N)C(=O)Nc1cccc(C)c1C. The van der Waals surface area contributed by atoms with Crippen LogP contribution in [0.4, 0.5) is 5.69 Å². The molecule has 0 radical (unpaired) electrons. The number of thioether (sulfide) groups is 1. The summed E-state index contributed by atoms with van der Waals surface area (Å²) < 4.78 is 0. The van der Waals surface area contributed by atoms with Crippen LogP contribution < -0.4 is 11.1 Å². The monoisotopic (exact) mass is 252 g/mol. The topological polar surface area (TPSA) is 55.1 Å². The number of nitrogens with one attached hydrogen (secondary N) is 1. The Morgan fingerprint density at radius 2 is 2.18 bits per heavy atom. The van der Waals surface area contributed by atoms with E-state index in [9.17, 15) is 4.79 Å². The van der Waals surface area contributed by atoms with Crippen LogP contribution in [0.1, 0.15) is 17.5 Å². The highest BCUT2D eigenvalue weighted by molar-refractivity contribution is 7.98. The van der Waals surface area contributed by atoms with Crippen molar-refractivity contribution in [2.45, 2.75) is 26.3 Å². The molecule has 0 unspecified atom stereocenters. The summed E-state index contributed by atoms with van der Waals surface area (Å²) >= 11 is 1.70. The van der Waals surface area contributed by atoms with Gasteiger partial charge in [0.2, 0.25) is 5.91 Å². The lowest BCUT2D eigenvalue weighted by Crippen LogP contribution is -2.36. The zero-order valence-corrected chi connectivity index (χ0v) is 11.4. The van der Waals surface area contributed by atoms with Crippen LogP contribution in [0.15, 0.2) is 18.2 Å². The second-order valence-electron chi connectivity index (χ2n) is 4.12. The normalized spacial score (nSPS) is 12.2.